The van der Waals surface area contributed by atoms with Crippen LogP contribution < -0.4 is 5.32 Å². The van der Waals surface area contributed by atoms with Gasteiger partial charge in [0.1, 0.15) is 0 Å². The summed E-state index contributed by atoms with van der Waals surface area (Å²) in [7, 11) is 1.38. The summed E-state index contributed by atoms with van der Waals surface area (Å²) in [4.78, 5) is 15.2. The summed E-state index contributed by atoms with van der Waals surface area (Å²) in [5.74, 6) is -0.288. The minimum absolute atomic E-state index is 0.288. The van der Waals surface area contributed by atoms with Crippen molar-refractivity contribution in [3.63, 3.8) is 0 Å². The Morgan fingerprint density at radius 1 is 1.59 bits per heavy atom. The molecular formula is C13H18N2O2. The molecule has 1 rings (SSSR count). The van der Waals surface area contributed by atoms with E-state index in [1.807, 2.05) is 25.3 Å². The van der Waals surface area contributed by atoms with Crippen molar-refractivity contribution in [2.24, 2.45) is 0 Å². The van der Waals surface area contributed by atoms with Crippen molar-refractivity contribution in [1.82, 2.24) is 10.3 Å². The molecule has 0 bridgehead atoms. The Hall–Kier alpha value is -1.68. The lowest BCUT2D eigenvalue weighted by Crippen LogP contribution is -2.15. The summed E-state index contributed by atoms with van der Waals surface area (Å²) in [6.07, 6.45) is 5.44. The van der Waals surface area contributed by atoms with Crippen molar-refractivity contribution in [2.75, 3.05) is 13.7 Å². The molecule has 0 aliphatic rings. The number of hydrogen-bond donors (Lipinski definition) is 1. The highest BCUT2D eigenvalue weighted by molar-refractivity contribution is 5.87. The first kappa shape index (κ1) is 13.4. The smallest absolute Gasteiger partial charge is 0.333 e. The predicted octanol–water partition coefficient (Wildman–Crippen LogP) is 1.60. The van der Waals surface area contributed by atoms with Gasteiger partial charge >= 0.3 is 5.97 Å². The van der Waals surface area contributed by atoms with Crippen molar-refractivity contribution in [3.05, 3.63) is 41.2 Å². The Balaban J connectivity index is 2.39. The van der Waals surface area contributed by atoms with Gasteiger partial charge in [-0.1, -0.05) is 6.08 Å². The van der Waals surface area contributed by atoms with E-state index in [-0.39, 0.29) is 5.97 Å². The Kier molecular flexibility index (Phi) is 5.36. The number of carbonyl (C=O) groups is 1. The molecule has 0 unspecified atom stereocenters. The lowest BCUT2D eigenvalue weighted by atomic mass is 10.1. The number of nitrogens with one attached hydrogen (secondary N) is 1. The van der Waals surface area contributed by atoms with Crippen LogP contribution in [0.4, 0.5) is 0 Å². The second-order valence-electron chi connectivity index (χ2n) is 3.81. The van der Waals surface area contributed by atoms with Crippen molar-refractivity contribution in [3.8, 4) is 0 Å². The fraction of sp³-hybridized carbons (Fsp3) is 0.385. The Bertz CT molecular complexity index is 414. The molecule has 0 atom stereocenters. The van der Waals surface area contributed by atoms with Gasteiger partial charge in [-0.05, 0) is 31.0 Å². The molecule has 0 saturated carbocycles. The molecule has 0 radical (unpaired) electrons. The van der Waals surface area contributed by atoms with Crippen molar-refractivity contribution in [1.29, 1.82) is 0 Å². The van der Waals surface area contributed by atoms with Crippen LogP contribution in [0.25, 0.3) is 0 Å². The summed E-state index contributed by atoms with van der Waals surface area (Å²) in [5, 5.41) is 3.23. The number of pyridine rings is 1. The molecule has 0 fully saturated rings. The van der Waals surface area contributed by atoms with Gasteiger partial charge in [0.05, 0.1) is 7.11 Å². The first-order chi connectivity index (χ1) is 8.15. The third-order valence-corrected chi connectivity index (χ3v) is 2.52. The highest BCUT2D eigenvalue weighted by Gasteiger charge is 2.01. The van der Waals surface area contributed by atoms with Gasteiger partial charge < -0.3 is 10.1 Å². The van der Waals surface area contributed by atoms with Crippen LogP contribution in [0.3, 0.4) is 0 Å². The number of aromatic nitrogens is 1. The zero-order valence-electron chi connectivity index (χ0n) is 10.5. The molecule has 0 aliphatic carbocycles. The van der Waals surface area contributed by atoms with E-state index in [2.05, 4.69) is 15.0 Å². The highest BCUT2D eigenvalue weighted by atomic mass is 16.5. The van der Waals surface area contributed by atoms with Crippen LogP contribution in [0.2, 0.25) is 0 Å². The largest absolute Gasteiger partial charge is 0.466 e. The second-order valence-corrected chi connectivity index (χ2v) is 3.81. The number of nitrogens with zero attached hydrogens (tertiary/aromatic N) is 1. The molecule has 0 saturated heterocycles. The average molecular weight is 234 g/mol. The first-order valence-corrected chi connectivity index (χ1v) is 5.50. The summed E-state index contributed by atoms with van der Waals surface area (Å²) >= 11 is 0. The van der Waals surface area contributed by atoms with Gasteiger partial charge in [-0.25, -0.2) is 4.79 Å². The van der Waals surface area contributed by atoms with Crippen LogP contribution in [0.1, 0.15) is 18.1 Å². The minimum Gasteiger partial charge on any atom is -0.466 e. The summed E-state index contributed by atoms with van der Waals surface area (Å²) in [6.45, 7) is 5.16. The number of aryl methyl sites for hydroxylation is 1. The van der Waals surface area contributed by atoms with Gasteiger partial charge in [0.2, 0.25) is 0 Å². The third kappa shape index (κ3) is 4.36. The molecule has 1 aromatic heterocycles. The standard InChI is InChI=1S/C13H18N2O2/c1-10-4-6-14-8-12(10)9-15-7-5-11(2)13(16)17-3/h4-6,8,15H,7,9H2,1-3H3/b11-5+. The van der Waals surface area contributed by atoms with E-state index in [1.54, 1.807) is 13.1 Å². The number of carbonyl (C=O) groups excluding carboxylic acids is 1. The van der Waals surface area contributed by atoms with Crippen LogP contribution in [0, 0.1) is 6.92 Å². The van der Waals surface area contributed by atoms with Crippen LogP contribution >= 0.6 is 0 Å². The van der Waals surface area contributed by atoms with Gasteiger partial charge in [-0.2, -0.15) is 0 Å². The number of ether oxygens (including phenoxy) is 1. The maximum absolute atomic E-state index is 11.1. The number of rotatable bonds is 5. The Labute approximate surface area is 102 Å². The maximum atomic E-state index is 11.1. The third-order valence-electron chi connectivity index (χ3n) is 2.52. The highest BCUT2D eigenvalue weighted by Crippen LogP contribution is 2.03. The van der Waals surface area contributed by atoms with E-state index >= 15 is 0 Å². The van der Waals surface area contributed by atoms with E-state index in [0.29, 0.717) is 12.1 Å². The van der Waals surface area contributed by atoms with Crippen LogP contribution in [0.5, 0.6) is 0 Å². The predicted molar refractivity (Wildman–Crippen MR) is 66.5 cm³/mol. The maximum Gasteiger partial charge on any atom is 0.333 e. The van der Waals surface area contributed by atoms with Crippen molar-refractivity contribution in [2.45, 2.75) is 20.4 Å². The molecule has 4 nitrogen and oxygen atoms in total. The summed E-state index contributed by atoms with van der Waals surface area (Å²) in [5.41, 5.74) is 2.99. The number of hydrogen-bond acceptors (Lipinski definition) is 4. The van der Waals surface area contributed by atoms with E-state index in [9.17, 15) is 4.79 Å². The molecule has 4 heteroatoms. The molecule has 1 N–H and O–H groups in total. The number of methoxy groups -OCH3 is 1. The molecule has 0 spiro atoms. The summed E-state index contributed by atoms with van der Waals surface area (Å²) < 4.78 is 4.60. The Morgan fingerprint density at radius 3 is 3.00 bits per heavy atom. The molecule has 1 heterocycles. The SMILES string of the molecule is COC(=O)/C(C)=C/CNCc1cnccc1C. The fourth-order valence-corrected chi connectivity index (χ4v) is 1.36. The Morgan fingerprint density at radius 2 is 2.35 bits per heavy atom. The van der Waals surface area contributed by atoms with Gasteiger partial charge in [0, 0.05) is 31.1 Å². The topological polar surface area (TPSA) is 51.2 Å². The van der Waals surface area contributed by atoms with Crippen LogP contribution in [-0.4, -0.2) is 24.6 Å². The number of esters is 1. The zero-order chi connectivity index (χ0) is 12.7. The van der Waals surface area contributed by atoms with E-state index in [1.165, 1.54) is 12.7 Å². The quantitative estimate of drug-likeness (QED) is 0.477. The first-order valence-electron chi connectivity index (χ1n) is 5.50. The van der Waals surface area contributed by atoms with Gasteiger partial charge in [0.15, 0.2) is 0 Å². The van der Waals surface area contributed by atoms with Crippen molar-refractivity contribution >= 4 is 5.97 Å². The van der Waals surface area contributed by atoms with Gasteiger partial charge in [0.25, 0.3) is 0 Å². The van der Waals surface area contributed by atoms with E-state index in [0.717, 1.165) is 12.1 Å². The summed E-state index contributed by atoms with van der Waals surface area (Å²) in [6, 6.07) is 1.98. The van der Waals surface area contributed by atoms with Gasteiger partial charge in [-0.3, -0.25) is 4.98 Å². The normalized spacial score (nSPS) is 11.4. The lowest BCUT2D eigenvalue weighted by Gasteiger charge is -2.05. The molecule has 1 aromatic rings. The monoisotopic (exact) mass is 234 g/mol. The van der Waals surface area contributed by atoms with E-state index in [4.69, 9.17) is 0 Å². The molecular weight excluding hydrogens is 216 g/mol. The molecule has 0 aliphatic heterocycles. The van der Waals surface area contributed by atoms with Crippen LogP contribution in [0.15, 0.2) is 30.1 Å². The van der Waals surface area contributed by atoms with Gasteiger partial charge in [-0.15, -0.1) is 0 Å². The molecule has 92 valence electrons. The van der Waals surface area contributed by atoms with Crippen LogP contribution in [-0.2, 0) is 16.1 Å². The molecule has 17 heavy (non-hydrogen) atoms. The minimum atomic E-state index is -0.288. The lowest BCUT2D eigenvalue weighted by molar-refractivity contribution is -0.136. The molecule has 0 aromatic carbocycles. The average Bonchev–Trinajstić information content (AvgIpc) is 2.35. The van der Waals surface area contributed by atoms with Crippen molar-refractivity contribution < 1.29 is 9.53 Å². The second kappa shape index (κ2) is 6.81. The van der Waals surface area contributed by atoms with E-state index < -0.39 is 0 Å². The molecule has 0 amide bonds. The fourth-order valence-electron chi connectivity index (χ4n) is 1.36. The zero-order valence-corrected chi connectivity index (χ0v) is 10.5.